The van der Waals surface area contributed by atoms with Crippen LogP contribution in [0.15, 0.2) is 39.5 Å². The van der Waals surface area contributed by atoms with E-state index in [0.29, 0.717) is 13.1 Å². The van der Waals surface area contributed by atoms with Gasteiger partial charge in [0.15, 0.2) is 6.17 Å². The molecule has 0 N–H and O–H groups in total. The number of azo groups is 1. The summed E-state index contributed by atoms with van der Waals surface area (Å²) in [5, 5.41) is 7.85. The van der Waals surface area contributed by atoms with Gasteiger partial charge in [-0.3, -0.25) is 0 Å². The molecule has 4 rings (SSSR count). The van der Waals surface area contributed by atoms with Crippen molar-refractivity contribution in [3.63, 3.8) is 0 Å². The molecule has 8 nitrogen and oxygen atoms in total. The number of benzene rings is 1. The molecule has 0 bridgehead atoms. The molecule has 0 radical (unpaired) electrons. The average molecular weight is 443 g/mol. The van der Waals surface area contributed by atoms with Gasteiger partial charge in [0.2, 0.25) is 0 Å². The summed E-state index contributed by atoms with van der Waals surface area (Å²) < 4.78 is 18.0. The summed E-state index contributed by atoms with van der Waals surface area (Å²) >= 11 is 0. The van der Waals surface area contributed by atoms with Crippen molar-refractivity contribution in [1.29, 1.82) is 0 Å². The first kappa shape index (κ1) is 22.7. The van der Waals surface area contributed by atoms with Gasteiger partial charge >= 0.3 is 6.09 Å². The minimum absolute atomic E-state index is 0.215. The highest BCUT2D eigenvalue weighted by molar-refractivity contribution is 5.68. The van der Waals surface area contributed by atoms with Gasteiger partial charge in [-0.25, -0.2) is 9.79 Å². The highest BCUT2D eigenvalue weighted by atomic mass is 16.6. The number of rotatable bonds is 5. The molecule has 1 saturated heterocycles. The van der Waals surface area contributed by atoms with Crippen molar-refractivity contribution in [2.75, 3.05) is 13.1 Å². The molecule has 1 saturated carbocycles. The van der Waals surface area contributed by atoms with E-state index < -0.39 is 5.60 Å². The number of carbonyl (C=O) groups is 1. The minimum atomic E-state index is -0.455. The lowest BCUT2D eigenvalue weighted by Gasteiger charge is -2.36. The van der Waals surface area contributed by atoms with Gasteiger partial charge in [0.1, 0.15) is 17.7 Å². The van der Waals surface area contributed by atoms with E-state index in [2.05, 4.69) is 15.2 Å². The van der Waals surface area contributed by atoms with E-state index in [-0.39, 0.29) is 30.6 Å². The molecule has 1 aromatic rings. The van der Waals surface area contributed by atoms with Crippen molar-refractivity contribution >= 4 is 12.4 Å². The van der Waals surface area contributed by atoms with Crippen LogP contribution in [0.1, 0.15) is 71.0 Å². The molecule has 0 spiro atoms. The molecular formula is C24H34N4O4. The fourth-order valence-corrected chi connectivity index (χ4v) is 4.34. The Kier molecular flexibility index (Phi) is 7.08. The molecule has 1 atom stereocenters. The van der Waals surface area contributed by atoms with E-state index in [1.807, 2.05) is 45.0 Å². The van der Waals surface area contributed by atoms with Gasteiger partial charge in [-0.15, -0.1) is 5.11 Å². The first-order chi connectivity index (χ1) is 15.4. The second-order valence-electron chi connectivity index (χ2n) is 9.76. The lowest BCUT2D eigenvalue weighted by atomic mass is 9.94. The summed E-state index contributed by atoms with van der Waals surface area (Å²) in [6, 6.07) is 7.97. The predicted molar refractivity (Wildman–Crippen MR) is 121 cm³/mol. The number of likely N-dealkylation sites (tertiary alicyclic amines) is 1. The van der Waals surface area contributed by atoms with Crippen LogP contribution in [0.5, 0.6) is 5.75 Å². The van der Waals surface area contributed by atoms with Crippen LogP contribution in [0.2, 0.25) is 0 Å². The lowest BCUT2D eigenvalue weighted by molar-refractivity contribution is -0.0675. The molecule has 1 unspecified atom stereocenters. The SMILES string of the molecule is CC(C)(C)OC(=O)N1CCC(OC2CCC(Oc3ccc(C4N=CN=N4)cc3)CC2)CC1. The van der Waals surface area contributed by atoms with Crippen LogP contribution in [0.3, 0.4) is 0 Å². The average Bonchev–Trinajstić information content (AvgIpc) is 3.30. The van der Waals surface area contributed by atoms with Gasteiger partial charge in [0, 0.05) is 18.7 Å². The second-order valence-corrected chi connectivity index (χ2v) is 9.76. The van der Waals surface area contributed by atoms with E-state index in [0.717, 1.165) is 49.8 Å². The van der Waals surface area contributed by atoms with E-state index in [9.17, 15) is 4.79 Å². The first-order valence-corrected chi connectivity index (χ1v) is 11.7. The summed E-state index contributed by atoms with van der Waals surface area (Å²) in [4.78, 5) is 18.2. The van der Waals surface area contributed by atoms with Crippen LogP contribution in [0.25, 0.3) is 0 Å². The molecule has 2 fully saturated rings. The topological polar surface area (TPSA) is 85.1 Å². The molecule has 8 heteroatoms. The molecule has 3 aliphatic rings. The van der Waals surface area contributed by atoms with Crippen LogP contribution < -0.4 is 4.74 Å². The molecule has 174 valence electrons. The maximum Gasteiger partial charge on any atom is 0.410 e. The van der Waals surface area contributed by atoms with Gasteiger partial charge in [-0.1, -0.05) is 12.1 Å². The summed E-state index contributed by atoms with van der Waals surface area (Å²) in [5.74, 6) is 0.881. The van der Waals surface area contributed by atoms with Gasteiger partial charge in [0.05, 0.1) is 18.3 Å². The van der Waals surface area contributed by atoms with E-state index >= 15 is 0 Å². The number of hydrogen-bond donors (Lipinski definition) is 0. The molecule has 1 aromatic carbocycles. The number of carbonyl (C=O) groups excluding carboxylic acids is 1. The summed E-state index contributed by atoms with van der Waals surface area (Å²) in [6.07, 6.45) is 7.50. The standard InChI is InChI=1S/C24H34N4O4/c1-24(2,3)32-23(29)28-14-12-21(13-15-28)31-20-10-8-19(9-11-20)30-18-6-4-17(5-7-18)22-25-16-26-27-22/h4-7,16,19-22H,8-15H2,1-3H3. The van der Waals surface area contributed by atoms with Crippen molar-refractivity contribution in [3.05, 3.63) is 29.8 Å². The third-order valence-electron chi connectivity index (χ3n) is 6.02. The number of piperidine rings is 1. The molecule has 2 heterocycles. The highest BCUT2D eigenvalue weighted by Gasteiger charge is 2.30. The summed E-state index contributed by atoms with van der Waals surface area (Å²) in [7, 11) is 0. The third-order valence-corrected chi connectivity index (χ3v) is 6.02. The molecular weight excluding hydrogens is 408 g/mol. The number of hydrogen-bond acceptors (Lipinski definition) is 7. The normalized spacial score (nSPS) is 26.3. The van der Waals surface area contributed by atoms with E-state index in [1.165, 1.54) is 6.34 Å². The maximum absolute atomic E-state index is 12.2. The van der Waals surface area contributed by atoms with Crippen LogP contribution in [-0.4, -0.2) is 54.3 Å². The van der Waals surface area contributed by atoms with Crippen molar-refractivity contribution in [2.24, 2.45) is 15.2 Å². The lowest BCUT2D eigenvalue weighted by Crippen LogP contribution is -2.44. The van der Waals surface area contributed by atoms with Crippen molar-refractivity contribution in [3.8, 4) is 5.75 Å². The highest BCUT2D eigenvalue weighted by Crippen LogP contribution is 2.29. The Morgan fingerprint density at radius 3 is 2.16 bits per heavy atom. The number of ether oxygens (including phenoxy) is 3. The van der Waals surface area contributed by atoms with Crippen molar-refractivity contribution in [2.45, 2.75) is 89.4 Å². The van der Waals surface area contributed by atoms with Crippen LogP contribution in [-0.2, 0) is 9.47 Å². The smallest absolute Gasteiger partial charge is 0.410 e. The largest absolute Gasteiger partial charge is 0.490 e. The third kappa shape index (κ3) is 6.28. The molecule has 0 aromatic heterocycles. The summed E-state index contributed by atoms with van der Waals surface area (Å²) in [5.41, 5.74) is 0.564. The van der Waals surface area contributed by atoms with Gasteiger partial charge in [-0.05, 0) is 71.4 Å². The van der Waals surface area contributed by atoms with Crippen LogP contribution in [0.4, 0.5) is 4.79 Å². The van der Waals surface area contributed by atoms with Crippen molar-refractivity contribution in [1.82, 2.24) is 4.90 Å². The van der Waals surface area contributed by atoms with Crippen LogP contribution >= 0.6 is 0 Å². The molecule has 2 aliphatic heterocycles. The maximum atomic E-state index is 12.2. The van der Waals surface area contributed by atoms with E-state index in [4.69, 9.17) is 14.2 Å². The monoisotopic (exact) mass is 442 g/mol. The molecule has 32 heavy (non-hydrogen) atoms. The van der Waals surface area contributed by atoms with Gasteiger partial charge in [0.25, 0.3) is 0 Å². The quantitative estimate of drug-likeness (QED) is 0.620. The number of aliphatic imine (C=N–C) groups is 1. The van der Waals surface area contributed by atoms with E-state index in [1.54, 1.807) is 4.90 Å². The zero-order valence-corrected chi connectivity index (χ0v) is 19.3. The molecule has 1 amide bonds. The predicted octanol–water partition coefficient (Wildman–Crippen LogP) is 5.29. The fourth-order valence-electron chi connectivity index (χ4n) is 4.34. The zero-order valence-electron chi connectivity index (χ0n) is 19.3. The Labute approximate surface area is 190 Å². The molecule has 1 aliphatic carbocycles. The number of nitrogens with zero attached hydrogens (tertiary/aromatic N) is 4. The van der Waals surface area contributed by atoms with Gasteiger partial charge < -0.3 is 19.1 Å². The minimum Gasteiger partial charge on any atom is -0.490 e. The van der Waals surface area contributed by atoms with Crippen LogP contribution in [0, 0.1) is 0 Å². The fraction of sp³-hybridized carbons (Fsp3) is 0.667. The first-order valence-electron chi connectivity index (χ1n) is 11.7. The Hall–Kier alpha value is -2.48. The Balaban J connectivity index is 1.15. The van der Waals surface area contributed by atoms with Crippen molar-refractivity contribution < 1.29 is 19.0 Å². The Bertz CT molecular complexity index is 805. The Morgan fingerprint density at radius 1 is 0.938 bits per heavy atom. The zero-order chi connectivity index (χ0) is 22.6. The summed E-state index contributed by atoms with van der Waals surface area (Å²) in [6.45, 7) is 7.08. The number of amides is 1. The Morgan fingerprint density at radius 2 is 1.56 bits per heavy atom. The second kappa shape index (κ2) is 9.98. The van der Waals surface area contributed by atoms with Gasteiger partial charge in [-0.2, -0.15) is 5.11 Å².